The summed E-state index contributed by atoms with van der Waals surface area (Å²) < 4.78 is 13.8. The molecule has 0 aliphatic carbocycles. The molecule has 0 spiro atoms. The molecule has 3 heterocycles. The number of nitrogens with zero attached hydrogens (tertiary/aromatic N) is 7. The largest absolute Gasteiger partial charge is 0.492 e. The van der Waals surface area contributed by atoms with Crippen LogP contribution in [0.15, 0.2) is 64.2 Å². The van der Waals surface area contributed by atoms with E-state index in [0.29, 0.717) is 40.1 Å². The fourth-order valence-corrected chi connectivity index (χ4v) is 3.47. The molecule has 11 heteroatoms. The van der Waals surface area contributed by atoms with E-state index in [9.17, 15) is 4.79 Å². The summed E-state index contributed by atoms with van der Waals surface area (Å²) in [5, 5.41) is 12.6. The van der Waals surface area contributed by atoms with Gasteiger partial charge in [-0.15, -0.1) is 5.10 Å². The number of para-hydroxylation sites is 2. The zero-order chi connectivity index (χ0) is 22.1. The standard InChI is InChI=1S/C21H16ClN7O3/c1-2-31-16-10-6-5-9-15(16)29-20-18(25-27-29)21(30)28(12-23-20)11-17-24-19(26-32-17)13-7-3-4-8-14(13)22/h3-10,12H,2,11H2,1H3. The average molecular weight is 450 g/mol. The van der Waals surface area contributed by atoms with Crippen molar-refractivity contribution < 1.29 is 9.26 Å². The molecule has 0 radical (unpaired) electrons. The topological polar surface area (TPSA) is 114 Å². The predicted molar refractivity (Wildman–Crippen MR) is 116 cm³/mol. The van der Waals surface area contributed by atoms with Crippen molar-refractivity contribution in [1.29, 1.82) is 0 Å². The van der Waals surface area contributed by atoms with Crippen molar-refractivity contribution in [2.24, 2.45) is 0 Å². The van der Waals surface area contributed by atoms with Gasteiger partial charge in [0.05, 0.1) is 11.6 Å². The van der Waals surface area contributed by atoms with Crippen molar-refractivity contribution in [2.45, 2.75) is 13.5 Å². The monoisotopic (exact) mass is 449 g/mol. The van der Waals surface area contributed by atoms with E-state index < -0.39 is 0 Å². The molecule has 0 fully saturated rings. The Morgan fingerprint density at radius 2 is 1.94 bits per heavy atom. The van der Waals surface area contributed by atoms with Gasteiger partial charge in [-0.3, -0.25) is 9.36 Å². The summed E-state index contributed by atoms with van der Waals surface area (Å²) in [7, 11) is 0. The number of aromatic nitrogens is 7. The highest BCUT2D eigenvalue weighted by Gasteiger charge is 2.18. The molecule has 10 nitrogen and oxygen atoms in total. The van der Waals surface area contributed by atoms with Crippen LogP contribution >= 0.6 is 11.6 Å². The molecule has 0 amide bonds. The Morgan fingerprint density at radius 3 is 2.78 bits per heavy atom. The van der Waals surface area contributed by atoms with Crippen LogP contribution in [0.4, 0.5) is 0 Å². The molecule has 0 aliphatic rings. The lowest BCUT2D eigenvalue weighted by Gasteiger charge is -2.09. The fraction of sp³-hybridized carbons (Fsp3) is 0.143. The highest BCUT2D eigenvalue weighted by Crippen LogP contribution is 2.25. The molecule has 5 rings (SSSR count). The number of benzene rings is 2. The Labute approximate surface area is 186 Å². The summed E-state index contributed by atoms with van der Waals surface area (Å²) >= 11 is 6.19. The van der Waals surface area contributed by atoms with Crippen LogP contribution in [0.3, 0.4) is 0 Å². The van der Waals surface area contributed by atoms with E-state index in [2.05, 4.69) is 25.4 Å². The summed E-state index contributed by atoms with van der Waals surface area (Å²) in [6.07, 6.45) is 1.40. The normalized spacial score (nSPS) is 11.2. The van der Waals surface area contributed by atoms with E-state index in [-0.39, 0.29) is 23.5 Å². The summed E-state index contributed by atoms with van der Waals surface area (Å²) in [4.78, 5) is 21.7. The lowest BCUT2D eigenvalue weighted by Crippen LogP contribution is -2.21. The summed E-state index contributed by atoms with van der Waals surface area (Å²) in [6, 6.07) is 14.5. The number of ether oxygens (including phenoxy) is 1. The van der Waals surface area contributed by atoms with Gasteiger partial charge in [-0.05, 0) is 31.2 Å². The average Bonchev–Trinajstić information content (AvgIpc) is 3.44. The van der Waals surface area contributed by atoms with Gasteiger partial charge in [-0.1, -0.05) is 46.2 Å². The second-order valence-electron chi connectivity index (χ2n) is 6.74. The number of hydrogen-bond donors (Lipinski definition) is 0. The van der Waals surface area contributed by atoms with E-state index in [4.69, 9.17) is 20.9 Å². The first-order valence-corrected chi connectivity index (χ1v) is 10.1. The maximum absolute atomic E-state index is 13.0. The van der Waals surface area contributed by atoms with Gasteiger partial charge in [-0.2, -0.15) is 9.67 Å². The first-order valence-electron chi connectivity index (χ1n) is 9.76. The van der Waals surface area contributed by atoms with E-state index in [1.807, 2.05) is 43.3 Å². The Kier molecular flexibility index (Phi) is 5.12. The van der Waals surface area contributed by atoms with Gasteiger partial charge < -0.3 is 9.26 Å². The number of halogens is 1. The Hall–Kier alpha value is -4.05. The first kappa shape index (κ1) is 19.9. The molecule has 3 aromatic heterocycles. The molecule has 32 heavy (non-hydrogen) atoms. The van der Waals surface area contributed by atoms with Crippen molar-refractivity contribution >= 4 is 22.8 Å². The molecule has 0 saturated heterocycles. The molecule has 5 aromatic rings. The van der Waals surface area contributed by atoms with E-state index in [1.165, 1.54) is 15.6 Å². The minimum Gasteiger partial charge on any atom is -0.492 e. The van der Waals surface area contributed by atoms with Crippen LogP contribution in [0, 0.1) is 0 Å². The highest BCUT2D eigenvalue weighted by atomic mass is 35.5. The predicted octanol–water partition coefficient (Wildman–Crippen LogP) is 3.13. The maximum atomic E-state index is 13.0. The number of hydrogen-bond acceptors (Lipinski definition) is 8. The third-order valence-electron chi connectivity index (χ3n) is 4.71. The molecular formula is C21H16ClN7O3. The van der Waals surface area contributed by atoms with Crippen molar-refractivity contribution in [3.63, 3.8) is 0 Å². The van der Waals surface area contributed by atoms with Crippen LogP contribution in [0.5, 0.6) is 5.75 Å². The lowest BCUT2D eigenvalue weighted by atomic mass is 10.2. The molecule has 0 bridgehead atoms. The Balaban J connectivity index is 1.49. The zero-order valence-corrected chi connectivity index (χ0v) is 17.6. The van der Waals surface area contributed by atoms with Crippen LogP contribution in [-0.4, -0.2) is 41.3 Å². The SMILES string of the molecule is CCOc1ccccc1-n1nnc2c(=O)n(Cc3nc(-c4ccccc4Cl)no3)cnc21. The maximum Gasteiger partial charge on any atom is 0.284 e. The molecule has 0 N–H and O–H groups in total. The highest BCUT2D eigenvalue weighted by molar-refractivity contribution is 6.33. The minimum absolute atomic E-state index is 0.0294. The summed E-state index contributed by atoms with van der Waals surface area (Å²) in [5.41, 5.74) is 1.33. The van der Waals surface area contributed by atoms with Crippen LogP contribution in [0.2, 0.25) is 5.02 Å². The van der Waals surface area contributed by atoms with Crippen molar-refractivity contribution in [3.05, 3.63) is 76.1 Å². The second kappa shape index (κ2) is 8.23. The quantitative estimate of drug-likeness (QED) is 0.388. The van der Waals surface area contributed by atoms with Gasteiger partial charge in [0.25, 0.3) is 5.56 Å². The van der Waals surface area contributed by atoms with Gasteiger partial charge >= 0.3 is 0 Å². The van der Waals surface area contributed by atoms with Gasteiger partial charge in [0.15, 0.2) is 11.2 Å². The molecule has 2 aromatic carbocycles. The fourth-order valence-electron chi connectivity index (χ4n) is 3.25. The zero-order valence-electron chi connectivity index (χ0n) is 16.8. The van der Waals surface area contributed by atoms with E-state index >= 15 is 0 Å². The van der Waals surface area contributed by atoms with E-state index in [0.717, 1.165) is 0 Å². The smallest absolute Gasteiger partial charge is 0.284 e. The summed E-state index contributed by atoms with van der Waals surface area (Å²) in [6.45, 7) is 2.41. The third-order valence-corrected chi connectivity index (χ3v) is 5.04. The van der Waals surface area contributed by atoms with Gasteiger partial charge in [-0.25, -0.2) is 4.98 Å². The van der Waals surface area contributed by atoms with Gasteiger partial charge in [0.1, 0.15) is 24.3 Å². The third kappa shape index (κ3) is 3.50. The molecule has 160 valence electrons. The van der Waals surface area contributed by atoms with Gasteiger partial charge in [0, 0.05) is 5.56 Å². The number of fused-ring (bicyclic) bond motifs is 1. The van der Waals surface area contributed by atoms with Crippen LogP contribution in [0.25, 0.3) is 28.2 Å². The van der Waals surface area contributed by atoms with E-state index in [1.54, 1.807) is 12.1 Å². The molecule has 0 aliphatic heterocycles. The van der Waals surface area contributed by atoms with Gasteiger partial charge in [0.2, 0.25) is 11.7 Å². The van der Waals surface area contributed by atoms with Crippen LogP contribution < -0.4 is 10.3 Å². The van der Waals surface area contributed by atoms with Crippen LogP contribution in [-0.2, 0) is 6.54 Å². The van der Waals surface area contributed by atoms with Crippen molar-refractivity contribution in [1.82, 2.24) is 34.7 Å². The van der Waals surface area contributed by atoms with Crippen molar-refractivity contribution in [2.75, 3.05) is 6.61 Å². The first-order chi connectivity index (χ1) is 15.7. The minimum atomic E-state index is -0.382. The van der Waals surface area contributed by atoms with Crippen molar-refractivity contribution in [3.8, 4) is 22.8 Å². The molecule has 0 atom stereocenters. The molecule has 0 unspecified atom stereocenters. The Bertz CT molecular complexity index is 1470. The number of rotatable bonds is 6. The second-order valence-corrected chi connectivity index (χ2v) is 7.15. The van der Waals surface area contributed by atoms with Crippen LogP contribution in [0.1, 0.15) is 12.8 Å². The lowest BCUT2D eigenvalue weighted by molar-refractivity contribution is 0.338. The molecule has 0 saturated carbocycles. The molecular weight excluding hydrogens is 434 g/mol. The summed E-state index contributed by atoms with van der Waals surface area (Å²) in [5.74, 6) is 1.19. The Morgan fingerprint density at radius 1 is 1.12 bits per heavy atom.